The Morgan fingerprint density at radius 2 is 2.04 bits per heavy atom. The van der Waals surface area contributed by atoms with Gasteiger partial charge in [0.15, 0.2) is 0 Å². The summed E-state index contributed by atoms with van der Waals surface area (Å²) in [6, 6.07) is 0. The van der Waals surface area contributed by atoms with Crippen molar-refractivity contribution in [3.63, 3.8) is 0 Å². The Morgan fingerprint density at radius 1 is 1.40 bits per heavy atom. The van der Waals surface area contributed by atoms with Crippen LogP contribution in [0, 0.1) is 23.2 Å². The van der Waals surface area contributed by atoms with E-state index >= 15 is 0 Å². The van der Waals surface area contributed by atoms with Crippen LogP contribution in [0.25, 0.3) is 0 Å². The highest BCUT2D eigenvalue weighted by Gasteiger charge is 2.83. The van der Waals surface area contributed by atoms with Crippen LogP contribution in [0.1, 0.15) is 41.0 Å². The zero-order valence-corrected chi connectivity index (χ0v) is 15.8. The van der Waals surface area contributed by atoms with Crippen molar-refractivity contribution in [3.8, 4) is 0 Å². The third-order valence-electron chi connectivity index (χ3n) is 6.84. The first-order valence-electron chi connectivity index (χ1n) is 9.05. The lowest BCUT2D eigenvalue weighted by Gasteiger charge is -2.31. The first-order chi connectivity index (χ1) is 11.5. The number of carbonyl (C=O) groups excluding carboxylic acids is 1. The van der Waals surface area contributed by atoms with E-state index in [4.69, 9.17) is 9.47 Å². The summed E-state index contributed by atoms with van der Waals surface area (Å²) in [7, 11) is 0. The van der Waals surface area contributed by atoms with Crippen LogP contribution < -0.4 is 0 Å². The Kier molecular flexibility index (Phi) is 4.22. The Balaban J connectivity index is 2.07. The zero-order valence-electron chi connectivity index (χ0n) is 15.8. The van der Waals surface area contributed by atoms with Crippen molar-refractivity contribution in [2.24, 2.45) is 23.2 Å². The number of allylic oxidation sites excluding steroid dienone is 2. The number of ether oxygens (including phenoxy) is 2. The summed E-state index contributed by atoms with van der Waals surface area (Å²) in [5, 5.41) is 22.0. The molecule has 1 aliphatic heterocycles. The molecular weight excluding hydrogens is 320 g/mol. The van der Waals surface area contributed by atoms with Crippen molar-refractivity contribution < 1.29 is 24.5 Å². The van der Waals surface area contributed by atoms with Crippen molar-refractivity contribution in [1.82, 2.24) is 0 Å². The minimum atomic E-state index is -0.997. The molecule has 2 aliphatic carbocycles. The molecular formula is C20H30O5. The van der Waals surface area contributed by atoms with E-state index in [9.17, 15) is 15.0 Å². The van der Waals surface area contributed by atoms with Gasteiger partial charge in [0.25, 0.3) is 0 Å². The van der Waals surface area contributed by atoms with Crippen molar-refractivity contribution >= 4 is 5.97 Å². The molecule has 0 unspecified atom stereocenters. The lowest BCUT2D eigenvalue weighted by molar-refractivity contribution is -0.160. The molecule has 0 radical (unpaired) electrons. The van der Waals surface area contributed by atoms with Crippen LogP contribution in [0.2, 0.25) is 0 Å². The molecule has 2 N–H and O–H groups in total. The van der Waals surface area contributed by atoms with Crippen LogP contribution in [-0.4, -0.2) is 46.2 Å². The number of carbonyl (C=O) groups is 1. The first-order valence-corrected chi connectivity index (χ1v) is 9.05. The maximum Gasteiger partial charge on any atom is 0.302 e. The predicted octanol–water partition coefficient (Wildman–Crippen LogP) is 2.22. The molecule has 1 saturated heterocycles. The Bertz CT molecular complexity index is 624. The molecule has 1 spiro atoms. The Morgan fingerprint density at radius 3 is 2.60 bits per heavy atom. The fraction of sp³-hybridized carbons (Fsp3) is 0.750. The Hall–Kier alpha value is -1.17. The highest BCUT2D eigenvalue weighted by molar-refractivity contribution is 5.66. The molecule has 0 aromatic heterocycles. The van der Waals surface area contributed by atoms with Gasteiger partial charge < -0.3 is 19.7 Å². The molecule has 5 heteroatoms. The van der Waals surface area contributed by atoms with Crippen molar-refractivity contribution in [2.45, 2.75) is 64.4 Å². The quantitative estimate of drug-likeness (QED) is 0.764. The van der Waals surface area contributed by atoms with E-state index in [-0.39, 0.29) is 29.8 Å². The van der Waals surface area contributed by atoms with E-state index in [2.05, 4.69) is 20.4 Å². The second-order valence-electron chi connectivity index (χ2n) is 8.75. The molecule has 0 bridgehead atoms. The van der Waals surface area contributed by atoms with Crippen molar-refractivity contribution in [3.05, 3.63) is 24.3 Å². The minimum absolute atomic E-state index is 0.00241. The van der Waals surface area contributed by atoms with E-state index in [1.165, 1.54) is 6.92 Å². The lowest BCUT2D eigenvalue weighted by atomic mass is 9.77. The molecule has 3 aliphatic rings. The molecule has 0 aromatic carbocycles. The third-order valence-corrected chi connectivity index (χ3v) is 6.84. The number of aliphatic hydroxyl groups excluding tert-OH is 2. The van der Waals surface area contributed by atoms with E-state index in [0.29, 0.717) is 0 Å². The fourth-order valence-corrected chi connectivity index (χ4v) is 5.39. The van der Waals surface area contributed by atoms with E-state index in [0.717, 1.165) is 12.0 Å². The lowest BCUT2D eigenvalue weighted by Crippen LogP contribution is -2.44. The summed E-state index contributed by atoms with van der Waals surface area (Å²) in [5.74, 6) is -0.426. The molecule has 0 aromatic rings. The standard InChI is InChI=1S/C20H30O5/c1-7-8-13-15-17(23)19(6,10-24-12(3)21)25-20(15)14(18(20,4)5)9-11(2)16(13)22/h7-8,11,14-17,22-23H,1,9-10H2,2-6H3/b13-8+/t11-,14-,15-,16-,17-,19+,20-/m0/s1. The van der Waals surface area contributed by atoms with Gasteiger partial charge in [0, 0.05) is 18.3 Å². The SMILES string of the molecule is C=C/C=C1/[C@@H](O)[C@@H](C)C[C@H]2C(C)(C)[C@]23O[C@](C)(COC(C)=O)[C@@H](O)[C@H]13. The molecule has 5 nitrogen and oxygen atoms in total. The molecule has 7 atom stereocenters. The smallest absolute Gasteiger partial charge is 0.302 e. The number of esters is 1. The number of rotatable bonds is 3. The molecule has 3 rings (SSSR count). The monoisotopic (exact) mass is 350 g/mol. The fourth-order valence-electron chi connectivity index (χ4n) is 5.39. The number of hydrogen-bond donors (Lipinski definition) is 2. The summed E-state index contributed by atoms with van der Waals surface area (Å²) in [6.07, 6.45) is 2.78. The first kappa shape index (κ1) is 18.6. The zero-order chi connectivity index (χ0) is 18.8. The summed E-state index contributed by atoms with van der Waals surface area (Å²) in [6.45, 7) is 13.3. The topological polar surface area (TPSA) is 76.0 Å². The van der Waals surface area contributed by atoms with E-state index in [1.807, 2.05) is 13.0 Å². The van der Waals surface area contributed by atoms with E-state index in [1.54, 1.807) is 13.0 Å². The normalized spacial score (nSPS) is 49.1. The molecule has 25 heavy (non-hydrogen) atoms. The maximum absolute atomic E-state index is 11.3. The van der Waals surface area contributed by atoms with Gasteiger partial charge in [0.1, 0.15) is 12.2 Å². The van der Waals surface area contributed by atoms with Gasteiger partial charge in [-0.05, 0) is 30.8 Å². The average Bonchev–Trinajstić information content (AvgIpc) is 2.88. The van der Waals surface area contributed by atoms with Crippen LogP contribution in [0.3, 0.4) is 0 Å². The van der Waals surface area contributed by atoms with Gasteiger partial charge in [-0.1, -0.05) is 39.5 Å². The predicted molar refractivity (Wildman–Crippen MR) is 93.7 cm³/mol. The van der Waals surface area contributed by atoms with Crippen LogP contribution in [-0.2, 0) is 14.3 Å². The van der Waals surface area contributed by atoms with Gasteiger partial charge in [0.05, 0.1) is 17.8 Å². The van der Waals surface area contributed by atoms with E-state index < -0.39 is 29.4 Å². The maximum atomic E-state index is 11.3. The molecule has 1 heterocycles. The van der Waals surface area contributed by atoms with Gasteiger partial charge in [0.2, 0.25) is 0 Å². The van der Waals surface area contributed by atoms with Gasteiger partial charge >= 0.3 is 5.97 Å². The van der Waals surface area contributed by atoms with Crippen LogP contribution in [0.5, 0.6) is 0 Å². The Labute approximate surface area is 149 Å². The second-order valence-corrected chi connectivity index (χ2v) is 8.75. The number of aliphatic hydroxyl groups is 2. The van der Waals surface area contributed by atoms with Gasteiger partial charge in [-0.2, -0.15) is 0 Å². The van der Waals surface area contributed by atoms with Crippen molar-refractivity contribution in [2.75, 3.05) is 6.61 Å². The molecule has 140 valence electrons. The third kappa shape index (κ3) is 2.36. The molecule has 0 amide bonds. The highest BCUT2D eigenvalue weighted by atomic mass is 16.6. The van der Waals surface area contributed by atoms with Gasteiger partial charge in [-0.3, -0.25) is 4.79 Å². The summed E-state index contributed by atoms with van der Waals surface area (Å²) in [4.78, 5) is 11.3. The largest absolute Gasteiger partial charge is 0.463 e. The highest BCUT2D eigenvalue weighted by Crippen LogP contribution is 2.76. The van der Waals surface area contributed by atoms with Gasteiger partial charge in [-0.25, -0.2) is 0 Å². The summed E-state index contributed by atoms with van der Waals surface area (Å²) >= 11 is 0. The minimum Gasteiger partial charge on any atom is -0.463 e. The van der Waals surface area contributed by atoms with Crippen LogP contribution >= 0.6 is 0 Å². The summed E-state index contributed by atoms with van der Waals surface area (Å²) < 4.78 is 11.7. The van der Waals surface area contributed by atoms with Crippen LogP contribution in [0.4, 0.5) is 0 Å². The average molecular weight is 350 g/mol. The van der Waals surface area contributed by atoms with Crippen LogP contribution in [0.15, 0.2) is 24.3 Å². The molecule has 3 fully saturated rings. The van der Waals surface area contributed by atoms with Gasteiger partial charge in [-0.15, -0.1) is 0 Å². The summed E-state index contributed by atoms with van der Waals surface area (Å²) in [5.41, 5.74) is -0.902. The molecule has 2 saturated carbocycles. The number of hydrogen-bond acceptors (Lipinski definition) is 5. The van der Waals surface area contributed by atoms with Crippen molar-refractivity contribution in [1.29, 1.82) is 0 Å². The second kappa shape index (κ2) is 5.66.